The van der Waals surface area contributed by atoms with Gasteiger partial charge < -0.3 is 21.1 Å². The molecule has 1 aliphatic heterocycles. The molecule has 0 unspecified atom stereocenters. The van der Waals surface area contributed by atoms with Crippen LogP contribution in [0.2, 0.25) is 0 Å². The Bertz CT molecular complexity index is 487. The fourth-order valence-corrected chi connectivity index (χ4v) is 1.66. The summed E-state index contributed by atoms with van der Waals surface area (Å²) in [5, 5.41) is 6.30. The van der Waals surface area contributed by atoms with E-state index in [1.165, 1.54) is 0 Å². The summed E-state index contributed by atoms with van der Waals surface area (Å²) in [4.78, 5) is 8.07. The molecule has 6 heteroatoms. The summed E-state index contributed by atoms with van der Waals surface area (Å²) < 4.78 is 5.01. The number of hydrogen-bond donors (Lipinski definition) is 3. The van der Waals surface area contributed by atoms with E-state index in [-0.39, 0.29) is 5.95 Å². The lowest BCUT2D eigenvalue weighted by atomic mass is 10.3. The number of terminal acetylenes is 1. The molecular formula is C17H27N5O. The van der Waals surface area contributed by atoms with Gasteiger partial charge in [0.1, 0.15) is 5.82 Å². The van der Waals surface area contributed by atoms with Crippen molar-refractivity contribution in [2.24, 2.45) is 0 Å². The lowest BCUT2D eigenvalue weighted by molar-refractivity contribution is 0.109. The quantitative estimate of drug-likeness (QED) is 0.585. The first-order valence-corrected chi connectivity index (χ1v) is 7.41. The van der Waals surface area contributed by atoms with Crippen molar-refractivity contribution in [2.45, 2.75) is 20.8 Å². The van der Waals surface area contributed by atoms with Gasteiger partial charge in [-0.2, -0.15) is 4.98 Å². The van der Waals surface area contributed by atoms with Crippen LogP contribution < -0.4 is 16.4 Å². The number of allylic oxidation sites excluding steroid dienone is 4. The van der Waals surface area contributed by atoms with Gasteiger partial charge in [-0.25, -0.2) is 4.98 Å². The standard InChI is InChI=1S/C11H16N4.C4H9NO.C2H2/c1-4-5-6-8(2)13-10-7-9(3)14-11(12)15-10;1-3-6-4-2-5-1;1-2/h4-7H,1-3H3,(H3,12,13,14,15);5H,1-4H2;1-2H/b5-4-,8-6+;;. The first kappa shape index (κ1) is 20.6. The van der Waals surface area contributed by atoms with Crippen molar-refractivity contribution >= 4 is 11.8 Å². The SMILES string of the molecule is C#C.C/C=C\C=C(/C)Nc1cc(C)nc(N)n1.C1COCCN1. The van der Waals surface area contributed by atoms with Crippen LogP contribution >= 0.6 is 0 Å². The second-order valence-electron chi connectivity index (χ2n) is 4.62. The third-order valence-electron chi connectivity index (χ3n) is 2.58. The molecule has 1 aromatic heterocycles. The van der Waals surface area contributed by atoms with E-state index in [4.69, 9.17) is 10.5 Å². The van der Waals surface area contributed by atoms with E-state index in [9.17, 15) is 0 Å². The van der Waals surface area contributed by atoms with Crippen molar-refractivity contribution in [3.63, 3.8) is 0 Å². The molecule has 1 fully saturated rings. The van der Waals surface area contributed by atoms with Gasteiger partial charge in [-0.05, 0) is 26.8 Å². The Morgan fingerprint density at radius 3 is 2.43 bits per heavy atom. The average molecular weight is 317 g/mol. The van der Waals surface area contributed by atoms with Gasteiger partial charge in [0.25, 0.3) is 0 Å². The zero-order valence-electron chi connectivity index (χ0n) is 14.2. The second kappa shape index (κ2) is 13.3. The topological polar surface area (TPSA) is 85.1 Å². The summed E-state index contributed by atoms with van der Waals surface area (Å²) in [5.74, 6) is 1.01. The van der Waals surface area contributed by atoms with Crippen molar-refractivity contribution in [1.82, 2.24) is 15.3 Å². The highest BCUT2D eigenvalue weighted by molar-refractivity contribution is 5.45. The molecule has 126 valence electrons. The van der Waals surface area contributed by atoms with Crippen LogP contribution in [0, 0.1) is 19.8 Å². The van der Waals surface area contributed by atoms with Crippen LogP contribution in [0.25, 0.3) is 0 Å². The van der Waals surface area contributed by atoms with Crippen LogP contribution in [-0.2, 0) is 4.74 Å². The lowest BCUT2D eigenvalue weighted by Crippen LogP contribution is -2.30. The molecular weight excluding hydrogens is 290 g/mol. The predicted molar refractivity (Wildman–Crippen MR) is 97.0 cm³/mol. The van der Waals surface area contributed by atoms with E-state index in [0.29, 0.717) is 0 Å². The Morgan fingerprint density at radius 2 is 2.00 bits per heavy atom. The molecule has 0 radical (unpaired) electrons. The average Bonchev–Trinajstić information content (AvgIpc) is 2.56. The molecule has 1 saturated heterocycles. The Kier molecular flexibility index (Phi) is 11.9. The summed E-state index contributed by atoms with van der Waals surface area (Å²) in [6, 6.07) is 1.85. The number of ether oxygens (including phenoxy) is 1. The van der Waals surface area contributed by atoms with Crippen LogP contribution in [0.15, 0.2) is 30.0 Å². The number of nitrogens with one attached hydrogen (secondary N) is 2. The lowest BCUT2D eigenvalue weighted by Gasteiger charge is -2.10. The van der Waals surface area contributed by atoms with E-state index in [1.54, 1.807) is 0 Å². The highest BCUT2D eigenvalue weighted by atomic mass is 16.5. The number of morpholine rings is 1. The maximum atomic E-state index is 5.54. The third kappa shape index (κ3) is 10.9. The number of nitrogen functional groups attached to an aromatic ring is 1. The van der Waals surface area contributed by atoms with Gasteiger partial charge in [-0.3, -0.25) is 0 Å². The monoisotopic (exact) mass is 317 g/mol. The van der Waals surface area contributed by atoms with E-state index in [0.717, 1.165) is 43.5 Å². The fraction of sp³-hybridized carbons (Fsp3) is 0.412. The van der Waals surface area contributed by atoms with Gasteiger partial charge in [0.15, 0.2) is 0 Å². The zero-order valence-corrected chi connectivity index (χ0v) is 14.2. The Labute approximate surface area is 139 Å². The van der Waals surface area contributed by atoms with Gasteiger partial charge in [-0.1, -0.05) is 12.2 Å². The number of nitrogens with two attached hydrogens (primary N) is 1. The normalized spacial score (nSPS) is 14.2. The van der Waals surface area contributed by atoms with Gasteiger partial charge in [0, 0.05) is 30.5 Å². The van der Waals surface area contributed by atoms with Gasteiger partial charge >= 0.3 is 0 Å². The molecule has 2 rings (SSSR count). The number of hydrogen-bond acceptors (Lipinski definition) is 6. The molecule has 0 saturated carbocycles. The number of aromatic nitrogens is 2. The van der Waals surface area contributed by atoms with E-state index < -0.39 is 0 Å². The van der Waals surface area contributed by atoms with Crippen molar-refractivity contribution in [2.75, 3.05) is 37.4 Å². The van der Waals surface area contributed by atoms with Crippen LogP contribution in [-0.4, -0.2) is 36.3 Å². The minimum Gasteiger partial charge on any atom is -0.379 e. The summed E-state index contributed by atoms with van der Waals surface area (Å²) in [6.07, 6.45) is 13.9. The molecule has 0 spiro atoms. The van der Waals surface area contributed by atoms with Crippen LogP contribution in [0.5, 0.6) is 0 Å². The number of anilines is 2. The molecule has 2 heterocycles. The molecule has 4 N–H and O–H groups in total. The van der Waals surface area contributed by atoms with Crippen LogP contribution in [0.1, 0.15) is 19.5 Å². The first-order valence-electron chi connectivity index (χ1n) is 7.41. The second-order valence-corrected chi connectivity index (χ2v) is 4.62. The summed E-state index contributed by atoms with van der Waals surface area (Å²) in [6.45, 7) is 9.65. The van der Waals surface area contributed by atoms with Crippen molar-refractivity contribution in [3.05, 3.63) is 35.7 Å². The Morgan fingerprint density at radius 1 is 1.35 bits per heavy atom. The largest absolute Gasteiger partial charge is 0.379 e. The Hall–Kier alpha value is -2.36. The van der Waals surface area contributed by atoms with Crippen molar-refractivity contribution in [1.29, 1.82) is 0 Å². The van der Waals surface area contributed by atoms with Gasteiger partial charge in [0.2, 0.25) is 5.95 Å². The number of aryl methyl sites for hydroxylation is 1. The molecule has 6 nitrogen and oxygen atoms in total. The molecule has 1 aliphatic rings. The maximum Gasteiger partial charge on any atom is 0.222 e. The molecule has 0 aromatic carbocycles. The molecule has 0 aliphatic carbocycles. The molecule has 23 heavy (non-hydrogen) atoms. The van der Waals surface area contributed by atoms with E-state index in [1.807, 2.05) is 45.1 Å². The number of nitrogens with zero attached hydrogens (tertiary/aromatic N) is 2. The molecule has 0 atom stereocenters. The highest BCUT2D eigenvalue weighted by Crippen LogP contribution is 2.09. The predicted octanol–water partition coefficient (Wildman–Crippen LogP) is 2.11. The molecule has 0 amide bonds. The maximum absolute atomic E-state index is 5.54. The van der Waals surface area contributed by atoms with E-state index in [2.05, 4.69) is 33.4 Å². The summed E-state index contributed by atoms with van der Waals surface area (Å²) in [7, 11) is 0. The minimum atomic E-state index is 0.288. The number of rotatable bonds is 3. The third-order valence-corrected chi connectivity index (χ3v) is 2.58. The van der Waals surface area contributed by atoms with Crippen LogP contribution in [0.4, 0.5) is 11.8 Å². The minimum absolute atomic E-state index is 0.288. The Balaban J connectivity index is 0.000000501. The molecule has 1 aromatic rings. The van der Waals surface area contributed by atoms with Crippen molar-refractivity contribution < 1.29 is 4.74 Å². The smallest absolute Gasteiger partial charge is 0.222 e. The summed E-state index contributed by atoms with van der Waals surface area (Å²) >= 11 is 0. The van der Waals surface area contributed by atoms with Gasteiger partial charge in [0.05, 0.1) is 13.2 Å². The van der Waals surface area contributed by atoms with Crippen molar-refractivity contribution in [3.8, 4) is 12.8 Å². The van der Waals surface area contributed by atoms with E-state index >= 15 is 0 Å². The van der Waals surface area contributed by atoms with Gasteiger partial charge in [-0.15, -0.1) is 12.8 Å². The van der Waals surface area contributed by atoms with Crippen LogP contribution in [0.3, 0.4) is 0 Å². The highest BCUT2D eigenvalue weighted by Gasteiger charge is 1.98. The first-order chi connectivity index (χ1) is 11.1. The zero-order chi connectivity index (χ0) is 17.5. The molecule has 0 bridgehead atoms. The fourth-order valence-electron chi connectivity index (χ4n) is 1.66. The summed E-state index contributed by atoms with van der Waals surface area (Å²) in [5.41, 5.74) is 7.40.